The topological polar surface area (TPSA) is 78.0 Å². The Morgan fingerprint density at radius 3 is 3.00 bits per heavy atom. The van der Waals surface area contributed by atoms with E-state index in [1.165, 1.54) is 6.33 Å². The molecule has 1 rings (SSSR count). The van der Waals surface area contributed by atoms with Crippen LogP contribution in [0.5, 0.6) is 0 Å². The molecule has 90 valence electrons. The molecule has 6 heteroatoms. The van der Waals surface area contributed by atoms with Crippen LogP contribution >= 0.6 is 22.6 Å². The Morgan fingerprint density at radius 2 is 2.38 bits per heavy atom. The lowest BCUT2D eigenvalue weighted by Crippen LogP contribution is -2.34. The molecule has 0 aliphatic rings. The fourth-order valence-electron chi connectivity index (χ4n) is 1.41. The molecule has 5 nitrogen and oxygen atoms in total. The predicted molar refractivity (Wildman–Crippen MR) is 71.6 cm³/mol. The lowest BCUT2D eigenvalue weighted by molar-refractivity contribution is 0.0636. The second-order valence-electron chi connectivity index (χ2n) is 3.99. The first-order valence-electron chi connectivity index (χ1n) is 5.15. The molecule has 0 aliphatic heterocycles. The highest BCUT2D eigenvalue weighted by atomic mass is 127. The van der Waals surface area contributed by atoms with Crippen LogP contribution in [-0.4, -0.2) is 27.2 Å². The molecule has 1 unspecified atom stereocenters. The molecule has 1 aromatic heterocycles. The summed E-state index contributed by atoms with van der Waals surface area (Å²) in [5.74, 6) is 0.515. The van der Waals surface area contributed by atoms with Crippen molar-refractivity contribution in [1.29, 1.82) is 0 Å². The van der Waals surface area contributed by atoms with Crippen LogP contribution in [0.25, 0.3) is 0 Å². The molecule has 0 aliphatic carbocycles. The number of H-pyrrole nitrogens is 1. The number of hydrogen-bond donors (Lipinski definition) is 3. The second kappa shape index (κ2) is 5.62. The van der Waals surface area contributed by atoms with Crippen molar-refractivity contribution in [2.75, 3.05) is 11.9 Å². The standard InChI is InChI=1S/C10H16IN3O2/c1-3-4-10(2,16)5-12-8-7(11)9(15)14-6-13-8/h6,16H,3-5H2,1-2H3,(H2,12,13,14,15). The molecule has 0 fully saturated rings. The van der Waals surface area contributed by atoms with Crippen molar-refractivity contribution in [1.82, 2.24) is 9.97 Å². The molecular weight excluding hydrogens is 321 g/mol. The molecule has 0 bridgehead atoms. The number of halogens is 1. The van der Waals surface area contributed by atoms with Crippen molar-refractivity contribution < 1.29 is 5.11 Å². The second-order valence-corrected chi connectivity index (χ2v) is 5.07. The number of nitrogens with one attached hydrogen (secondary N) is 2. The third-order valence-electron chi connectivity index (χ3n) is 2.22. The summed E-state index contributed by atoms with van der Waals surface area (Å²) in [6, 6.07) is 0. The fraction of sp³-hybridized carbons (Fsp3) is 0.600. The Balaban J connectivity index is 2.68. The third kappa shape index (κ3) is 3.75. The van der Waals surface area contributed by atoms with E-state index in [1.807, 2.05) is 29.5 Å². The summed E-state index contributed by atoms with van der Waals surface area (Å²) in [4.78, 5) is 17.8. The van der Waals surface area contributed by atoms with E-state index in [2.05, 4.69) is 15.3 Å². The van der Waals surface area contributed by atoms with Gasteiger partial charge in [0.2, 0.25) is 0 Å². The highest BCUT2D eigenvalue weighted by Gasteiger charge is 2.19. The van der Waals surface area contributed by atoms with Crippen LogP contribution in [0, 0.1) is 3.57 Å². The molecule has 16 heavy (non-hydrogen) atoms. The van der Waals surface area contributed by atoms with Gasteiger partial charge in [0, 0.05) is 6.54 Å². The zero-order chi connectivity index (χ0) is 12.2. The van der Waals surface area contributed by atoms with Crippen molar-refractivity contribution in [3.8, 4) is 0 Å². The number of rotatable bonds is 5. The number of anilines is 1. The van der Waals surface area contributed by atoms with Gasteiger partial charge in [0.15, 0.2) is 0 Å². The molecule has 0 spiro atoms. The van der Waals surface area contributed by atoms with Crippen LogP contribution in [0.2, 0.25) is 0 Å². The minimum Gasteiger partial charge on any atom is -0.388 e. The summed E-state index contributed by atoms with van der Waals surface area (Å²) in [6.07, 6.45) is 2.97. The highest BCUT2D eigenvalue weighted by molar-refractivity contribution is 14.1. The summed E-state index contributed by atoms with van der Waals surface area (Å²) in [7, 11) is 0. The van der Waals surface area contributed by atoms with Gasteiger partial charge in [-0.15, -0.1) is 0 Å². The van der Waals surface area contributed by atoms with E-state index in [-0.39, 0.29) is 5.56 Å². The van der Waals surface area contributed by atoms with E-state index in [4.69, 9.17) is 0 Å². The SMILES string of the molecule is CCCC(C)(O)CNc1nc[nH]c(=O)c1I. The van der Waals surface area contributed by atoms with Gasteiger partial charge >= 0.3 is 0 Å². The van der Waals surface area contributed by atoms with Crippen molar-refractivity contribution in [3.05, 3.63) is 20.3 Å². The van der Waals surface area contributed by atoms with E-state index >= 15 is 0 Å². The molecular formula is C10H16IN3O2. The van der Waals surface area contributed by atoms with Gasteiger partial charge in [-0.05, 0) is 35.9 Å². The summed E-state index contributed by atoms with van der Waals surface area (Å²) in [5, 5.41) is 12.9. The van der Waals surface area contributed by atoms with E-state index in [1.54, 1.807) is 6.92 Å². The average molecular weight is 337 g/mol. The minimum absolute atomic E-state index is 0.173. The monoisotopic (exact) mass is 337 g/mol. The summed E-state index contributed by atoms with van der Waals surface area (Å²) < 4.78 is 0.507. The number of hydrogen-bond acceptors (Lipinski definition) is 4. The number of aliphatic hydroxyl groups is 1. The van der Waals surface area contributed by atoms with Crippen molar-refractivity contribution >= 4 is 28.4 Å². The maximum absolute atomic E-state index is 11.3. The van der Waals surface area contributed by atoms with Gasteiger partial charge in [0.25, 0.3) is 5.56 Å². The molecule has 0 radical (unpaired) electrons. The van der Waals surface area contributed by atoms with Crippen molar-refractivity contribution in [2.24, 2.45) is 0 Å². The fourth-order valence-corrected chi connectivity index (χ4v) is 1.89. The van der Waals surface area contributed by atoms with Gasteiger partial charge in [0.05, 0.1) is 11.9 Å². The Kier molecular flexibility index (Phi) is 4.72. The van der Waals surface area contributed by atoms with Gasteiger partial charge in [0.1, 0.15) is 9.39 Å². The first-order valence-corrected chi connectivity index (χ1v) is 6.23. The quantitative estimate of drug-likeness (QED) is 0.709. The number of nitrogens with zero attached hydrogens (tertiary/aromatic N) is 1. The van der Waals surface area contributed by atoms with E-state index in [0.29, 0.717) is 22.4 Å². The maximum atomic E-state index is 11.3. The Hall–Kier alpha value is -0.630. The van der Waals surface area contributed by atoms with Crippen LogP contribution in [0.4, 0.5) is 5.82 Å². The Bertz CT molecular complexity index is 403. The molecule has 1 heterocycles. The summed E-state index contributed by atoms with van der Waals surface area (Å²) >= 11 is 1.93. The molecule has 0 saturated heterocycles. The molecule has 3 N–H and O–H groups in total. The molecule has 1 atom stereocenters. The lowest BCUT2D eigenvalue weighted by Gasteiger charge is -2.23. The van der Waals surface area contributed by atoms with Crippen LogP contribution in [-0.2, 0) is 0 Å². The van der Waals surface area contributed by atoms with Gasteiger partial charge in [-0.25, -0.2) is 4.98 Å². The van der Waals surface area contributed by atoms with Crippen LogP contribution in [0.1, 0.15) is 26.7 Å². The van der Waals surface area contributed by atoms with Gasteiger partial charge in [-0.1, -0.05) is 13.3 Å². The highest BCUT2D eigenvalue weighted by Crippen LogP contribution is 2.14. The van der Waals surface area contributed by atoms with Gasteiger partial charge < -0.3 is 15.4 Å². The summed E-state index contributed by atoms with van der Waals surface area (Å²) in [5.41, 5.74) is -0.949. The average Bonchev–Trinajstić information content (AvgIpc) is 2.20. The van der Waals surface area contributed by atoms with E-state index in [0.717, 1.165) is 6.42 Å². The summed E-state index contributed by atoms with van der Waals surface area (Å²) in [6.45, 7) is 4.17. The number of aromatic nitrogens is 2. The van der Waals surface area contributed by atoms with Gasteiger partial charge in [-0.3, -0.25) is 4.79 Å². The van der Waals surface area contributed by atoms with Crippen molar-refractivity contribution in [2.45, 2.75) is 32.3 Å². The minimum atomic E-state index is -0.776. The molecule has 0 amide bonds. The zero-order valence-corrected chi connectivity index (χ0v) is 11.5. The first-order chi connectivity index (χ1) is 7.46. The van der Waals surface area contributed by atoms with Gasteiger partial charge in [-0.2, -0.15) is 0 Å². The number of aromatic amines is 1. The van der Waals surface area contributed by atoms with E-state index < -0.39 is 5.60 Å². The first kappa shape index (κ1) is 13.4. The van der Waals surface area contributed by atoms with Crippen molar-refractivity contribution in [3.63, 3.8) is 0 Å². The molecule has 0 aromatic carbocycles. The molecule has 0 saturated carbocycles. The van der Waals surface area contributed by atoms with Crippen LogP contribution in [0.15, 0.2) is 11.1 Å². The zero-order valence-electron chi connectivity index (χ0n) is 9.38. The normalized spacial score (nSPS) is 14.5. The lowest BCUT2D eigenvalue weighted by atomic mass is 10.0. The molecule has 1 aromatic rings. The Labute approximate surface area is 108 Å². The maximum Gasteiger partial charge on any atom is 0.266 e. The van der Waals surface area contributed by atoms with Crippen LogP contribution < -0.4 is 10.9 Å². The third-order valence-corrected chi connectivity index (χ3v) is 3.22. The largest absolute Gasteiger partial charge is 0.388 e. The Morgan fingerprint density at radius 1 is 1.69 bits per heavy atom. The predicted octanol–water partition coefficient (Wildman–Crippen LogP) is 1.34. The van der Waals surface area contributed by atoms with E-state index in [9.17, 15) is 9.90 Å². The smallest absolute Gasteiger partial charge is 0.266 e. The van der Waals surface area contributed by atoms with Crippen LogP contribution in [0.3, 0.4) is 0 Å².